The molecule has 0 fully saturated rings. The molecule has 1 aliphatic rings. The second-order valence-corrected chi connectivity index (χ2v) is 11.7. The maximum absolute atomic E-state index is 14.2. The number of hydrogen-bond donors (Lipinski definition) is 1. The first-order valence-electron chi connectivity index (χ1n) is 12.4. The molecule has 0 spiro atoms. The molecule has 0 saturated heterocycles. The van der Waals surface area contributed by atoms with Gasteiger partial charge in [0, 0.05) is 5.56 Å². The van der Waals surface area contributed by atoms with E-state index < -0.39 is 7.37 Å². The van der Waals surface area contributed by atoms with Gasteiger partial charge >= 0.3 is 0 Å². The molecule has 4 rings (SSSR count). The lowest BCUT2D eigenvalue weighted by molar-refractivity contribution is 0.437. The highest BCUT2D eigenvalue weighted by atomic mass is 31.2. The monoisotopic (exact) mass is 480 g/mol. The Morgan fingerprint density at radius 3 is 2.03 bits per heavy atom. The molecule has 0 aliphatic carbocycles. The summed E-state index contributed by atoms with van der Waals surface area (Å²) < 4.78 is 20.4. The molecule has 4 heteroatoms. The van der Waals surface area contributed by atoms with Crippen LogP contribution in [0.15, 0.2) is 60.7 Å². The summed E-state index contributed by atoms with van der Waals surface area (Å²) in [5.41, 5.74) is 4.41. The molecule has 0 radical (unpaired) electrons. The van der Waals surface area contributed by atoms with E-state index in [0.29, 0.717) is 17.7 Å². The number of benzene rings is 3. The van der Waals surface area contributed by atoms with Gasteiger partial charge in [-0.05, 0) is 45.7 Å². The van der Waals surface area contributed by atoms with Crippen molar-refractivity contribution in [3.05, 3.63) is 77.4 Å². The van der Waals surface area contributed by atoms with Gasteiger partial charge in [-0.3, -0.25) is 4.57 Å². The smallest absolute Gasteiger partial charge is 0.282 e. The number of phenolic OH excluding ortho intramolecular Hbond substituents is 1. The molecule has 0 aromatic heterocycles. The van der Waals surface area contributed by atoms with Gasteiger partial charge in [0.25, 0.3) is 7.37 Å². The van der Waals surface area contributed by atoms with Gasteiger partial charge in [-0.15, -0.1) is 0 Å². The maximum Gasteiger partial charge on any atom is 0.282 e. The van der Waals surface area contributed by atoms with Crippen LogP contribution in [0, 0.1) is 0 Å². The SMILES string of the molecule is CC.CC.CC(C)c1cc(CP2(=O)Oc3ccccc3-c3ccccc32)cc(C(C)(C)C)c1O. The molecule has 3 aromatic rings. The highest BCUT2D eigenvalue weighted by Gasteiger charge is 2.36. The summed E-state index contributed by atoms with van der Waals surface area (Å²) in [5.74, 6) is 1.17. The average Bonchev–Trinajstić information content (AvgIpc) is 2.82. The van der Waals surface area contributed by atoms with Crippen molar-refractivity contribution < 1.29 is 14.2 Å². The largest absolute Gasteiger partial charge is 0.507 e. The molecule has 1 aliphatic heterocycles. The zero-order chi connectivity index (χ0) is 25.7. The minimum absolute atomic E-state index is 0.160. The topological polar surface area (TPSA) is 46.5 Å². The van der Waals surface area contributed by atoms with E-state index in [4.69, 9.17) is 4.52 Å². The van der Waals surface area contributed by atoms with Gasteiger partial charge in [0.2, 0.25) is 0 Å². The lowest BCUT2D eigenvalue weighted by Gasteiger charge is -2.30. The summed E-state index contributed by atoms with van der Waals surface area (Å²) in [5, 5.41) is 11.6. The van der Waals surface area contributed by atoms with Crippen molar-refractivity contribution in [2.24, 2.45) is 0 Å². The van der Waals surface area contributed by atoms with Gasteiger partial charge in [0.1, 0.15) is 11.5 Å². The van der Waals surface area contributed by atoms with E-state index in [9.17, 15) is 9.67 Å². The van der Waals surface area contributed by atoms with E-state index in [1.807, 2.05) is 88.4 Å². The highest BCUT2D eigenvalue weighted by molar-refractivity contribution is 7.67. The maximum atomic E-state index is 14.2. The third-order valence-corrected chi connectivity index (χ3v) is 8.11. The Balaban J connectivity index is 0.000000970. The Bertz CT molecular complexity index is 1160. The Morgan fingerprint density at radius 1 is 0.882 bits per heavy atom. The van der Waals surface area contributed by atoms with E-state index >= 15 is 0 Å². The number of para-hydroxylation sites is 1. The average molecular weight is 481 g/mol. The van der Waals surface area contributed by atoms with Crippen molar-refractivity contribution in [1.29, 1.82) is 0 Å². The fourth-order valence-electron chi connectivity index (χ4n) is 4.16. The molecule has 3 nitrogen and oxygen atoms in total. The van der Waals surface area contributed by atoms with Gasteiger partial charge < -0.3 is 9.63 Å². The Hall–Kier alpha value is -2.51. The molecule has 1 N–H and O–H groups in total. The Kier molecular flexibility index (Phi) is 9.20. The van der Waals surface area contributed by atoms with Crippen molar-refractivity contribution in [2.75, 3.05) is 0 Å². The molecule has 0 saturated carbocycles. The molecule has 0 bridgehead atoms. The first-order chi connectivity index (χ1) is 16.1. The second-order valence-electron chi connectivity index (χ2n) is 9.42. The number of hydrogen-bond acceptors (Lipinski definition) is 3. The van der Waals surface area contributed by atoms with Gasteiger partial charge in [0.15, 0.2) is 0 Å². The normalized spacial score (nSPS) is 16.2. The van der Waals surface area contributed by atoms with Gasteiger partial charge in [-0.1, -0.05) is 111 Å². The summed E-state index contributed by atoms with van der Waals surface area (Å²) in [6.07, 6.45) is 0.293. The molecule has 184 valence electrons. The summed E-state index contributed by atoms with van der Waals surface area (Å²) in [7, 11) is -3.18. The van der Waals surface area contributed by atoms with Gasteiger partial charge in [-0.2, -0.15) is 0 Å². The van der Waals surface area contributed by atoms with E-state index in [2.05, 4.69) is 34.6 Å². The quantitative estimate of drug-likeness (QED) is 0.380. The zero-order valence-electron chi connectivity index (χ0n) is 22.3. The standard InChI is InChI=1S/C26H29O3P.2C2H6/c1-17(2)21-14-18(15-22(25(21)27)26(3,4)5)16-30(28)24-13-9-7-11-20(24)19-10-6-8-12-23(19)29-30;2*1-2/h6-15,17,27H,16H2,1-5H3;2*1-2H3. The van der Waals surface area contributed by atoms with E-state index in [-0.39, 0.29) is 11.3 Å². The van der Waals surface area contributed by atoms with Crippen LogP contribution in [-0.2, 0) is 16.1 Å². The number of rotatable bonds is 3. The molecule has 3 aromatic carbocycles. The summed E-state index contributed by atoms with van der Waals surface area (Å²) in [6.45, 7) is 18.4. The molecule has 34 heavy (non-hydrogen) atoms. The van der Waals surface area contributed by atoms with Crippen molar-refractivity contribution in [1.82, 2.24) is 0 Å². The van der Waals surface area contributed by atoms with Crippen LogP contribution < -0.4 is 9.83 Å². The lowest BCUT2D eigenvalue weighted by Crippen LogP contribution is -2.19. The number of fused-ring (bicyclic) bond motifs is 3. The molecular formula is C30H41O3P. The number of aromatic hydroxyl groups is 1. The van der Waals surface area contributed by atoms with Crippen LogP contribution in [0.1, 0.15) is 84.9 Å². The lowest BCUT2D eigenvalue weighted by atomic mass is 9.82. The fraction of sp³-hybridized carbons (Fsp3) is 0.400. The molecular weight excluding hydrogens is 439 g/mol. The second kappa shape index (κ2) is 11.3. The molecule has 1 heterocycles. The van der Waals surface area contributed by atoms with Crippen LogP contribution in [0.2, 0.25) is 0 Å². The van der Waals surface area contributed by atoms with Crippen LogP contribution in [-0.4, -0.2) is 5.11 Å². The van der Waals surface area contributed by atoms with Crippen LogP contribution in [0.25, 0.3) is 11.1 Å². The molecule has 1 unspecified atom stereocenters. The first-order valence-corrected chi connectivity index (χ1v) is 14.2. The number of phenols is 1. The predicted molar refractivity (Wildman–Crippen MR) is 147 cm³/mol. The summed E-state index contributed by atoms with van der Waals surface area (Å²) >= 11 is 0. The van der Waals surface area contributed by atoms with Crippen molar-refractivity contribution in [3.63, 3.8) is 0 Å². The minimum Gasteiger partial charge on any atom is -0.507 e. The fourth-order valence-corrected chi connectivity index (χ4v) is 6.50. The highest BCUT2D eigenvalue weighted by Crippen LogP contribution is 2.57. The predicted octanol–water partition coefficient (Wildman–Crippen LogP) is 9.03. The first kappa shape index (κ1) is 27.7. The molecule has 1 atom stereocenters. The Labute approximate surface area is 206 Å². The van der Waals surface area contributed by atoms with Crippen LogP contribution in [0.3, 0.4) is 0 Å². The van der Waals surface area contributed by atoms with Crippen LogP contribution in [0.5, 0.6) is 11.5 Å². The minimum atomic E-state index is -3.18. The van der Waals surface area contributed by atoms with Gasteiger partial charge in [-0.25, -0.2) is 0 Å². The third-order valence-electron chi connectivity index (χ3n) is 5.71. The van der Waals surface area contributed by atoms with Crippen molar-refractivity contribution in [2.45, 2.75) is 79.8 Å². The third kappa shape index (κ3) is 5.58. The van der Waals surface area contributed by atoms with Crippen molar-refractivity contribution in [3.8, 4) is 22.6 Å². The van der Waals surface area contributed by atoms with E-state index in [1.165, 1.54) is 0 Å². The van der Waals surface area contributed by atoms with Crippen LogP contribution in [0.4, 0.5) is 0 Å². The summed E-state index contributed by atoms with van der Waals surface area (Å²) in [6, 6.07) is 19.6. The van der Waals surface area contributed by atoms with E-state index in [1.54, 1.807) is 0 Å². The van der Waals surface area contributed by atoms with Gasteiger partial charge in [0.05, 0.1) is 11.5 Å². The zero-order valence-corrected chi connectivity index (χ0v) is 23.2. The summed E-state index contributed by atoms with van der Waals surface area (Å²) in [4.78, 5) is 0. The van der Waals surface area contributed by atoms with Crippen LogP contribution >= 0.6 is 7.37 Å². The van der Waals surface area contributed by atoms with Crippen molar-refractivity contribution >= 4 is 12.7 Å². The Morgan fingerprint density at radius 2 is 1.44 bits per heavy atom. The van der Waals surface area contributed by atoms with E-state index in [0.717, 1.165) is 33.1 Å². The molecule has 0 amide bonds.